The van der Waals surface area contributed by atoms with Crippen LogP contribution in [0.3, 0.4) is 0 Å². The quantitative estimate of drug-likeness (QED) is 0.545. The summed E-state index contributed by atoms with van der Waals surface area (Å²) in [6.45, 7) is 3.21. The Labute approximate surface area is 179 Å². The summed E-state index contributed by atoms with van der Waals surface area (Å²) in [6.07, 6.45) is -2.16. The van der Waals surface area contributed by atoms with Gasteiger partial charge < -0.3 is 19.5 Å². The van der Waals surface area contributed by atoms with Crippen LogP contribution in [-0.4, -0.2) is 41.3 Å². The van der Waals surface area contributed by atoms with E-state index in [1.54, 1.807) is 6.92 Å². The number of primary sulfonamides is 1. The second kappa shape index (κ2) is 10.3. The molecule has 0 saturated carbocycles. The number of hydrogen-bond acceptors (Lipinski definition) is 6. The van der Waals surface area contributed by atoms with Crippen molar-refractivity contribution in [3.8, 4) is 17.2 Å². The molecular weight excluding hydrogens is 380 g/mol. The van der Waals surface area contributed by atoms with E-state index in [-0.39, 0.29) is 42.9 Å². The first-order chi connectivity index (χ1) is 16.9. The zero-order valence-electron chi connectivity index (χ0n) is 24.5. The summed E-state index contributed by atoms with van der Waals surface area (Å²) in [4.78, 5) is -0.679. The van der Waals surface area contributed by atoms with Gasteiger partial charge in [0, 0.05) is 15.3 Å². The largest absolute Gasteiger partial charge is 0.495 e. The van der Waals surface area contributed by atoms with Crippen molar-refractivity contribution in [2.45, 2.75) is 31.2 Å². The van der Waals surface area contributed by atoms with Crippen LogP contribution in [0.25, 0.3) is 0 Å². The minimum absolute atomic E-state index is 0.0390. The number of benzene rings is 2. The van der Waals surface area contributed by atoms with Crippen molar-refractivity contribution in [3.05, 3.63) is 47.9 Å². The van der Waals surface area contributed by atoms with E-state index in [2.05, 4.69) is 5.32 Å². The van der Waals surface area contributed by atoms with Crippen LogP contribution < -0.4 is 24.7 Å². The van der Waals surface area contributed by atoms with E-state index >= 15 is 0 Å². The fourth-order valence-corrected chi connectivity index (χ4v) is 2.95. The van der Waals surface area contributed by atoms with Crippen molar-refractivity contribution in [1.82, 2.24) is 5.32 Å². The van der Waals surface area contributed by atoms with Crippen LogP contribution in [-0.2, 0) is 16.4 Å². The van der Waals surface area contributed by atoms with Gasteiger partial charge in [-0.3, -0.25) is 0 Å². The van der Waals surface area contributed by atoms with Crippen LogP contribution in [0.5, 0.6) is 17.2 Å². The number of sulfonamides is 1. The van der Waals surface area contributed by atoms with Gasteiger partial charge >= 0.3 is 0 Å². The fraction of sp³-hybridized carbons (Fsp3) is 0.400. The van der Waals surface area contributed by atoms with Gasteiger partial charge in [0.05, 0.1) is 23.2 Å². The molecule has 0 amide bonds. The van der Waals surface area contributed by atoms with Crippen LogP contribution in [0.1, 0.15) is 31.7 Å². The summed E-state index contributed by atoms with van der Waals surface area (Å²) in [7, 11) is -7.39. The third kappa shape index (κ3) is 6.40. The average molecular weight is 418 g/mol. The van der Waals surface area contributed by atoms with Crippen molar-refractivity contribution < 1.29 is 35.0 Å². The summed E-state index contributed by atoms with van der Waals surface area (Å²) >= 11 is 0. The Morgan fingerprint density at radius 2 is 1.96 bits per heavy atom. The maximum atomic E-state index is 12.0. The van der Waals surface area contributed by atoms with Crippen molar-refractivity contribution in [2.75, 3.05) is 26.8 Å². The molecule has 2 rings (SSSR count). The van der Waals surface area contributed by atoms with Gasteiger partial charge in [-0.15, -0.1) is 0 Å². The minimum atomic E-state index is -4.44. The van der Waals surface area contributed by atoms with E-state index < -0.39 is 58.2 Å². The summed E-state index contributed by atoms with van der Waals surface area (Å²) in [6, 6.07) is 0.462. The highest BCUT2D eigenvalue weighted by atomic mass is 32.2. The molecule has 0 saturated heterocycles. The van der Waals surface area contributed by atoms with E-state index in [4.69, 9.17) is 31.7 Å². The predicted molar refractivity (Wildman–Crippen MR) is 109 cm³/mol. The van der Waals surface area contributed by atoms with E-state index in [1.807, 2.05) is 0 Å². The first-order valence-corrected chi connectivity index (χ1v) is 9.92. The normalized spacial score (nSPS) is 18.0. The van der Waals surface area contributed by atoms with E-state index in [0.717, 1.165) is 12.1 Å². The molecule has 154 valence electrons. The van der Waals surface area contributed by atoms with Gasteiger partial charge in [-0.1, -0.05) is 18.2 Å². The summed E-state index contributed by atoms with van der Waals surface area (Å²) < 4.78 is 110. The molecule has 0 aliphatic heterocycles. The van der Waals surface area contributed by atoms with Gasteiger partial charge in [-0.25, -0.2) is 13.6 Å². The van der Waals surface area contributed by atoms with E-state index in [9.17, 15) is 8.42 Å². The maximum Gasteiger partial charge on any atom is 0.241 e. The summed E-state index contributed by atoms with van der Waals surface area (Å²) in [5.74, 6) is -0.840. The standard InChI is InChI=1S/C20H28N2O5S/c1-4-26-17-7-5-6-8-18(17)27-12-11-22-15(2)13-16-9-10-19(25-3)20(14-16)28(21,23)24/h5-10,14-15,22H,4,11-13H2,1-3H3,(H2,21,23,24)/t15-/m1/s1/i3D3,5D,6D,7D,8D,13D2. The number of methoxy groups -OCH3 is 1. The Morgan fingerprint density at radius 1 is 1.25 bits per heavy atom. The molecule has 0 bridgehead atoms. The topological polar surface area (TPSA) is 99.9 Å². The molecule has 0 fully saturated rings. The Bertz CT molecular complexity index is 1240. The molecule has 0 unspecified atom stereocenters. The van der Waals surface area contributed by atoms with Crippen molar-refractivity contribution in [1.29, 1.82) is 0 Å². The molecule has 0 spiro atoms. The Balaban J connectivity index is 2.19. The second-order valence-electron chi connectivity index (χ2n) is 5.57. The average Bonchev–Trinajstić information content (AvgIpc) is 2.78. The zero-order valence-corrected chi connectivity index (χ0v) is 16.3. The maximum absolute atomic E-state index is 12.0. The first kappa shape index (κ1) is 12.3. The molecule has 8 heteroatoms. The van der Waals surface area contributed by atoms with Crippen LogP contribution in [0.4, 0.5) is 0 Å². The summed E-state index contributed by atoms with van der Waals surface area (Å²) in [5.41, 5.74) is -0.105. The minimum Gasteiger partial charge on any atom is -0.495 e. The highest BCUT2D eigenvalue weighted by Crippen LogP contribution is 2.26. The van der Waals surface area contributed by atoms with Gasteiger partial charge in [-0.05, 0) is 50.0 Å². The van der Waals surface area contributed by atoms with Crippen molar-refractivity contribution in [3.63, 3.8) is 0 Å². The molecule has 1 atom stereocenters. The molecule has 7 nitrogen and oxygen atoms in total. The van der Waals surface area contributed by atoms with Crippen LogP contribution in [0, 0.1) is 0 Å². The molecular formula is C20H28N2O5S. The van der Waals surface area contributed by atoms with E-state index in [0.29, 0.717) is 0 Å². The SMILES string of the molecule is [2H]c1c([2H])c([2H])c(OCCN[C@H](C)C([2H])([2H])c2ccc(OC([2H])([2H])[2H])c(S(N)(=O)=O)c2)c(OCC)c1[2H]. The van der Waals surface area contributed by atoms with Crippen molar-refractivity contribution in [2.24, 2.45) is 5.14 Å². The lowest BCUT2D eigenvalue weighted by Crippen LogP contribution is -2.32. The van der Waals surface area contributed by atoms with Crippen LogP contribution in [0.15, 0.2) is 47.3 Å². The number of nitrogens with one attached hydrogen (secondary N) is 1. The molecule has 0 radical (unpaired) electrons. The fourth-order valence-electron chi connectivity index (χ4n) is 2.27. The van der Waals surface area contributed by atoms with Gasteiger partial charge in [0.15, 0.2) is 11.5 Å². The smallest absolute Gasteiger partial charge is 0.241 e. The van der Waals surface area contributed by atoms with Gasteiger partial charge in [0.2, 0.25) is 10.0 Å². The molecule has 3 N–H and O–H groups in total. The molecule has 28 heavy (non-hydrogen) atoms. The number of hydrogen-bond donors (Lipinski definition) is 2. The van der Waals surface area contributed by atoms with Gasteiger partial charge in [0.25, 0.3) is 0 Å². The third-order valence-electron chi connectivity index (χ3n) is 3.45. The van der Waals surface area contributed by atoms with Gasteiger partial charge in [0.1, 0.15) is 17.3 Å². The first-order valence-electron chi connectivity index (χ1n) is 12.9. The van der Waals surface area contributed by atoms with Crippen LogP contribution >= 0.6 is 0 Å². The zero-order chi connectivity index (χ0) is 28.3. The van der Waals surface area contributed by atoms with Crippen LogP contribution in [0.2, 0.25) is 0 Å². The summed E-state index contributed by atoms with van der Waals surface area (Å²) in [5, 5.41) is 8.06. The molecule has 2 aromatic rings. The molecule has 0 heterocycles. The molecule has 0 aliphatic carbocycles. The Hall–Kier alpha value is -2.29. The lowest BCUT2D eigenvalue weighted by Gasteiger charge is -2.16. The van der Waals surface area contributed by atoms with Crippen molar-refractivity contribution >= 4 is 10.0 Å². The Morgan fingerprint density at radius 3 is 2.61 bits per heavy atom. The number of nitrogens with two attached hydrogens (primary N) is 1. The lowest BCUT2D eigenvalue weighted by molar-refractivity contribution is 0.272. The molecule has 2 aromatic carbocycles. The predicted octanol–water partition coefficient (Wildman–Crippen LogP) is 2.34. The van der Waals surface area contributed by atoms with Gasteiger partial charge in [-0.2, -0.15) is 0 Å². The third-order valence-corrected chi connectivity index (χ3v) is 4.38. The Kier molecular flexibility index (Phi) is 4.53. The highest BCUT2D eigenvalue weighted by Gasteiger charge is 2.16. The number of rotatable bonds is 11. The number of ether oxygens (including phenoxy) is 3. The highest BCUT2D eigenvalue weighted by molar-refractivity contribution is 7.89. The molecule has 0 aliphatic rings. The number of para-hydroxylation sites is 2. The van der Waals surface area contributed by atoms with E-state index in [1.165, 1.54) is 13.0 Å². The lowest BCUT2D eigenvalue weighted by atomic mass is 10.1. The second-order valence-corrected chi connectivity index (χ2v) is 7.10. The molecule has 0 aromatic heterocycles. The monoisotopic (exact) mass is 417 g/mol.